The summed E-state index contributed by atoms with van der Waals surface area (Å²) in [6.45, 7) is 2.49. The monoisotopic (exact) mass is 243 g/mol. The molecule has 0 aliphatic rings. The number of rotatable bonds is 4. The molecule has 0 bridgehead atoms. The van der Waals surface area contributed by atoms with Crippen LogP contribution in [0.15, 0.2) is 36.7 Å². The van der Waals surface area contributed by atoms with Gasteiger partial charge in [0, 0.05) is 35.3 Å². The highest BCUT2D eigenvalue weighted by Gasteiger charge is 2.09. The van der Waals surface area contributed by atoms with Gasteiger partial charge < -0.3 is 11.1 Å². The van der Waals surface area contributed by atoms with Gasteiger partial charge >= 0.3 is 0 Å². The van der Waals surface area contributed by atoms with Crippen LogP contribution in [0.1, 0.15) is 13.3 Å². The van der Waals surface area contributed by atoms with Crippen LogP contribution < -0.4 is 11.1 Å². The Labute approximate surface area is 106 Å². The number of amides is 1. The molecule has 94 valence electrons. The third-order valence-electron chi connectivity index (χ3n) is 2.89. The molecule has 1 aromatic carbocycles. The number of hydrogen-bond acceptors (Lipinski definition) is 3. The Hall–Kier alpha value is -1.94. The SMILES string of the molecule is CC(CN)CC(=O)Nc1cccc2cnccc12. The number of carbonyl (C=O) groups is 1. The number of pyridine rings is 1. The lowest BCUT2D eigenvalue weighted by molar-refractivity contribution is -0.116. The molecule has 0 spiro atoms. The minimum Gasteiger partial charge on any atom is -0.330 e. The minimum atomic E-state index is -0.00253. The van der Waals surface area contributed by atoms with E-state index in [1.807, 2.05) is 31.2 Å². The van der Waals surface area contributed by atoms with Gasteiger partial charge in [-0.3, -0.25) is 9.78 Å². The Morgan fingerprint density at radius 2 is 2.28 bits per heavy atom. The lowest BCUT2D eigenvalue weighted by atomic mass is 10.1. The summed E-state index contributed by atoms with van der Waals surface area (Å²) in [5, 5.41) is 4.94. The fraction of sp³-hybridized carbons (Fsp3) is 0.286. The topological polar surface area (TPSA) is 68.0 Å². The highest BCUT2D eigenvalue weighted by Crippen LogP contribution is 2.22. The van der Waals surface area contributed by atoms with Crippen LogP contribution >= 0.6 is 0 Å². The van der Waals surface area contributed by atoms with Crippen molar-refractivity contribution < 1.29 is 4.79 Å². The standard InChI is InChI=1S/C14H17N3O/c1-10(8-15)7-14(18)17-13-4-2-3-11-9-16-6-5-12(11)13/h2-6,9-10H,7-8,15H2,1H3,(H,17,18). The van der Waals surface area contributed by atoms with E-state index in [0.717, 1.165) is 16.5 Å². The molecule has 1 amide bonds. The first kappa shape index (κ1) is 12.5. The Kier molecular flexibility index (Phi) is 3.89. The summed E-state index contributed by atoms with van der Waals surface area (Å²) in [6, 6.07) is 7.68. The molecule has 0 aliphatic heterocycles. The van der Waals surface area contributed by atoms with Crippen LogP contribution in [0.5, 0.6) is 0 Å². The fourth-order valence-corrected chi connectivity index (χ4v) is 1.83. The van der Waals surface area contributed by atoms with Crippen LogP contribution in [-0.2, 0) is 4.79 Å². The van der Waals surface area contributed by atoms with Crippen molar-refractivity contribution in [3.8, 4) is 0 Å². The van der Waals surface area contributed by atoms with E-state index in [-0.39, 0.29) is 11.8 Å². The van der Waals surface area contributed by atoms with E-state index >= 15 is 0 Å². The second-order valence-corrected chi connectivity index (χ2v) is 4.50. The van der Waals surface area contributed by atoms with Gasteiger partial charge in [-0.1, -0.05) is 19.1 Å². The van der Waals surface area contributed by atoms with Crippen molar-refractivity contribution >= 4 is 22.4 Å². The summed E-state index contributed by atoms with van der Waals surface area (Å²) in [4.78, 5) is 15.9. The van der Waals surface area contributed by atoms with Crippen LogP contribution in [0.3, 0.4) is 0 Å². The predicted molar refractivity (Wildman–Crippen MR) is 73.2 cm³/mol. The van der Waals surface area contributed by atoms with Crippen LogP contribution in [0.25, 0.3) is 10.8 Å². The van der Waals surface area contributed by atoms with Gasteiger partial charge in [0.05, 0.1) is 0 Å². The number of nitrogens with two attached hydrogens (primary N) is 1. The van der Waals surface area contributed by atoms with Gasteiger partial charge in [-0.05, 0) is 24.6 Å². The van der Waals surface area contributed by atoms with Gasteiger partial charge in [-0.25, -0.2) is 0 Å². The number of aromatic nitrogens is 1. The van der Waals surface area contributed by atoms with Crippen molar-refractivity contribution in [3.63, 3.8) is 0 Å². The van der Waals surface area contributed by atoms with Gasteiger partial charge in [-0.15, -0.1) is 0 Å². The highest BCUT2D eigenvalue weighted by atomic mass is 16.1. The lowest BCUT2D eigenvalue weighted by Gasteiger charge is -2.11. The maximum absolute atomic E-state index is 11.8. The van der Waals surface area contributed by atoms with E-state index in [9.17, 15) is 4.79 Å². The molecular weight excluding hydrogens is 226 g/mol. The van der Waals surface area contributed by atoms with Gasteiger partial charge in [0.25, 0.3) is 0 Å². The number of hydrogen-bond donors (Lipinski definition) is 2. The first-order valence-corrected chi connectivity index (χ1v) is 6.03. The highest BCUT2D eigenvalue weighted by molar-refractivity contribution is 6.01. The Morgan fingerprint density at radius 1 is 1.44 bits per heavy atom. The van der Waals surface area contributed by atoms with Crippen LogP contribution in [0.2, 0.25) is 0 Å². The van der Waals surface area contributed by atoms with Crippen molar-refractivity contribution in [1.82, 2.24) is 4.98 Å². The first-order valence-electron chi connectivity index (χ1n) is 6.03. The molecule has 2 rings (SSSR count). The smallest absolute Gasteiger partial charge is 0.224 e. The largest absolute Gasteiger partial charge is 0.330 e. The quantitative estimate of drug-likeness (QED) is 0.864. The van der Waals surface area contributed by atoms with Crippen molar-refractivity contribution in [2.24, 2.45) is 11.7 Å². The maximum Gasteiger partial charge on any atom is 0.224 e. The zero-order chi connectivity index (χ0) is 13.0. The van der Waals surface area contributed by atoms with E-state index in [1.54, 1.807) is 12.4 Å². The average Bonchev–Trinajstić information content (AvgIpc) is 2.39. The number of nitrogens with one attached hydrogen (secondary N) is 1. The zero-order valence-electron chi connectivity index (χ0n) is 10.4. The summed E-state index contributed by atoms with van der Waals surface area (Å²) < 4.78 is 0. The van der Waals surface area contributed by atoms with Gasteiger partial charge in [0.15, 0.2) is 0 Å². The molecule has 2 aromatic rings. The first-order chi connectivity index (χ1) is 8.70. The number of anilines is 1. The maximum atomic E-state index is 11.8. The third kappa shape index (κ3) is 2.84. The van der Waals surface area contributed by atoms with Crippen LogP contribution in [-0.4, -0.2) is 17.4 Å². The van der Waals surface area contributed by atoms with Crippen molar-refractivity contribution in [2.75, 3.05) is 11.9 Å². The second-order valence-electron chi connectivity index (χ2n) is 4.50. The van der Waals surface area contributed by atoms with E-state index in [0.29, 0.717) is 13.0 Å². The number of carbonyl (C=O) groups excluding carboxylic acids is 1. The second kappa shape index (κ2) is 5.60. The molecule has 3 N–H and O–H groups in total. The summed E-state index contributed by atoms with van der Waals surface area (Å²) in [5.41, 5.74) is 6.34. The van der Waals surface area contributed by atoms with Crippen molar-refractivity contribution in [2.45, 2.75) is 13.3 Å². The Bertz CT molecular complexity index is 548. The predicted octanol–water partition coefficient (Wildman–Crippen LogP) is 2.16. The normalized spacial score (nSPS) is 12.3. The molecule has 4 heteroatoms. The molecule has 1 heterocycles. The van der Waals surface area contributed by atoms with E-state index in [1.165, 1.54) is 0 Å². The number of fused-ring (bicyclic) bond motifs is 1. The minimum absolute atomic E-state index is 0.00253. The molecular formula is C14H17N3O. The van der Waals surface area contributed by atoms with Crippen LogP contribution in [0, 0.1) is 5.92 Å². The number of benzene rings is 1. The molecule has 0 aliphatic carbocycles. The molecule has 18 heavy (non-hydrogen) atoms. The molecule has 1 aromatic heterocycles. The van der Waals surface area contributed by atoms with E-state index in [2.05, 4.69) is 10.3 Å². The van der Waals surface area contributed by atoms with Crippen LogP contribution in [0.4, 0.5) is 5.69 Å². The summed E-state index contributed by atoms with van der Waals surface area (Å²) in [5.74, 6) is 0.193. The van der Waals surface area contributed by atoms with E-state index < -0.39 is 0 Å². The summed E-state index contributed by atoms with van der Waals surface area (Å²) >= 11 is 0. The molecule has 0 fully saturated rings. The Morgan fingerprint density at radius 3 is 3.06 bits per heavy atom. The van der Waals surface area contributed by atoms with Gasteiger partial charge in [-0.2, -0.15) is 0 Å². The average molecular weight is 243 g/mol. The summed E-state index contributed by atoms with van der Waals surface area (Å²) in [7, 11) is 0. The van der Waals surface area contributed by atoms with Gasteiger partial charge in [0.1, 0.15) is 0 Å². The Balaban J connectivity index is 2.19. The molecule has 4 nitrogen and oxygen atoms in total. The molecule has 0 saturated carbocycles. The van der Waals surface area contributed by atoms with Crippen molar-refractivity contribution in [1.29, 1.82) is 0 Å². The fourth-order valence-electron chi connectivity index (χ4n) is 1.83. The third-order valence-corrected chi connectivity index (χ3v) is 2.89. The van der Waals surface area contributed by atoms with Crippen molar-refractivity contribution in [3.05, 3.63) is 36.7 Å². The summed E-state index contributed by atoms with van der Waals surface area (Å²) in [6.07, 6.45) is 3.95. The molecule has 0 saturated heterocycles. The molecule has 1 atom stereocenters. The lowest BCUT2D eigenvalue weighted by Crippen LogP contribution is -2.20. The molecule has 0 radical (unpaired) electrons. The van der Waals surface area contributed by atoms with Gasteiger partial charge in [0.2, 0.25) is 5.91 Å². The van der Waals surface area contributed by atoms with E-state index in [4.69, 9.17) is 5.73 Å². The zero-order valence-corrected chi connectivity index (χ0v) is 10.4. The number of nitrogens with zero attached hydrogens (tertiary/aromatic N) is 1. The molecule has 1 unspecified atom stereocenters.